The van der Waals surface area contributed by atoms with E-state index in [1.54, 1.807) is 0 Å². The van der Waals surface area contributed by atoms with E-state index >= 15 is 0 Å². The molecule has 0 fully saturated rings. The van der Waals surface area contributed by atoms with E-state index in [1.165, 1.54) is 25.7 Å². The number of rotatable bonds is 18. The number of unbranched alkanes of at least 4 members (excludes halogenated alkanes) is 5. The van der Waals surface area contributed by atoms with Crippen LogP contribution in [0, 0.1) is 0 Å². The van der Waals surface area contributed by atoms with E-state index in [0.717, 1.165) is 32.1 Å². The van der Waals surface area contributed by atoms with Gasteiger partial charge in [0.1, 0.15) is 0 Å². The second-order valence-corrected chi connectivity index (χ2v) is 9.29. The molecule has 1 atom stereocenters. The molecule has 0 radical (unpaired) electrons. The molecule has 0 saturated carbocycles. The van der Waals surface area contributed by atoms with Crippen LogP contribution in [0.25, 0.3) is 0 Å². The Labute approximate surface area is 175 Å². The fourth-order valence-corrected chi connectivity index (χ4v) is 3.89. The van der Waals surface area contributed by atoms with Crippen LogP contribution in [0.4, 0.5) is 0 Å². The highest BCUT2D eigenvalue weighted by molar-refractivity contribution is 7.60. The lowest BCUT2D eigenvalue weighted by atomic mass is 10.2. The van der Waals surface area contributed by atoms with Crippen LogP contribution < -0.4 is 0 Å². The molecule has 7 nitrogen and oxygen atoms in total. The molecule has 0 aromatic heterocycles. The Hall–Kier alpha value is -0.780. The monoisotopic (exact) mass is 450 g/mol. The van der Waals surface area contributed by atoms with Crippen LogP contribution in [0.5, 0.6) is 0 Å². The van der Waals surface area contributed by atoms with Gasteiger partial charge in [0, 0.05) is 0 Å². The predicted molar refractivity (Wildman–Crippen MR) is 117 cm³/mol. The first kappa shape index (κ1) is 28.2. The van der Waals surface area contributed by atoms with Crippen LogP contribution in [0.3, 0.4) is 0 Å². The van der Waals surface area contributed by atoms with Crippen molar-refractivity contribution in [2.45, 2.75) is 71.1 Å². The summed E-state index contributed by atoms with van der Waals surface area (Å²) >= 11 is 0. The maximum Gasteiger partial charge on any atom is 0.481 e. The number of hydrogen-bond donors (Lipinski definition) is 3. The lowest BCUT2D eigenvalue weighted by molar-refractivity contribution is 0.176. The zero-order chi connectivity index (χ0) is 21.8. The molecule has 0 aromatic rings. The molecule has 0 amide bonds. The highest BCUT2D eigenvalue weighted by atomic mass is 31.3. The van der Waals surface area contributed by atoms with Crippen molar-refractivity contribution in [2.24, 2.45) is 0 Å². The van der Waals surface area contributed by atoms with Crippen LogP contribution in [-0.2, 0) is 18.0 Å². The lowest BCUT2D eigenvalue weighted by Gasteiger charge is -2.11. The SMILES string of the molecule is CCCCCC=CCC=CCC=CCC=CCCCCOP(=O)(O)OP(=O)(O)O. The molecule has 9 heteroatoms. The van der Waals surface area contributed by atoms with E-state index in [4.69, 9.17) is 14.7 Å². The summed E-state index contributed by atoms with van der Waals surface area (Å²) in [4.78, 5) is 26.0. The predicted octanol–water partition coefficient (Wildman–Crippen LogP) is 6.36. The minimum Gasteiger partial charge on any atom is -0.302 e. The molecule has 29 heavy (non-hydrogen) atoms. The van der Waals surface area contributed by atoms with Crippen molar-refractivity contribution in [3.63, 3.8) is 0 Å². The Kier molecular flexibility index (Phi) is 17.5. The van der Waals surface area contributed by atoms with Gasteiger partial charge in [-0.2, -0.15) is 4.31 Å². The van der Waals surface area contributed by atoms with Gasteiger partial charge in [0.2, 0.25) is 0 Å². The number of allylic oxidation sites excluding steroid dienone is 8. The largest absolute Gasteiger partial charge is 0.481 e. The van der Waals surface area contributed by atoms with Gasteiger partial charge in [-0.3, -0.25) is 4.52 Å². The van der Waals surface area contributed by atoms with Crippen LogP contribution in [0.2, 0.25) is 0 Å². The van der Waals surface area contributed by atoms with Crippen molar-refractivity contribution >= 4 is 15.6 Å². The minimum absolute atomic E-state index is 0.109. The molecule has 0 aliphatic heterocycles. The molecule has 0 rings (SSSR count). The molecule has 0 spiro atoms. The van der Waals surface area contributed by atoms with Gasteiger partial charge in [-0.15, -0.1) is 0 Å². The average molecular weight is 450 g/mol. The topological polar surface area (TPSA) is 113 Å². The third-order valence-electron chi connectivity index (χ3n) is 3.69. The van der Waals surface area contributed by atoms with E-state index < -0.39 is 15.6 Å². The van der Waals surface area contributed by atoms with Gasteiger partial charge in [0.15, 0.2) is 0 Å². The molecule has 0 aliphatic carbocycles. The van der Waals surface area contributed by atoms with Gasteiger partial charge in [-0.05, 0) is 51.4 Å². The summed E-state index contributed by atoms with van der Waals surface area (Å²) in [5.74, 6) is 0. The number of phosphoric ester groups is 1. The lowest BCUT2D eigenvalue weighted by Crippen LogP contribution is -1.96. The Morgan fingerprint density at radius 1 is 0.690 bits per heavy atom. The first-order valence-corrected chi connectivity index (χ1v) is 13.1. The Bertz CT molecular complexity index is 606. The number of phosphoric acid groups is 2. The third kappa shape index (κ3) is 23.4. The van der Waals surface area contributed by atoms with Crippen molar-refractivity contribution in [1.29, 1.82) is 0 Å². The van der Waals surface area contributed by atoms with Crippen molar-refractivity contribution in [3.8, 4) is 0 Å². The van der Waals surface area contributed by atoms with Crippen LogP contribution in [0.15, 0.2) is 48.6 Å². The quantitative estimate of drug-likeness (QED) is 0.126. The average Bonchev–Trinajstić information content (AvgIpc) is 2.61. The van der Waals surface area contributed by atoms with E-state index in [0.29, 0.717) is 6.42 Å². The van der Waals surface area contributed by atoms with Gasteiger partial charge < -0.3 is 14.7 Å². The highest BCUT2D eigenvalue weighted by Crippen LogP contribution is 2.57. The molecule has 3 N–H and O–H groups in total. The zero-order valence-electron chi connectivity index (χ0n) is 17.3. The summed E-state index contributed by atoms with van der Waals surface area (Å²) in [6.07, 6.45) is 26.9. The summed E-state index contributed by atoms with van der Waals surface area (Å²) in [7, 11) is -9.75. The van der Waals surface area contributed by atoms with Crippen LogP contribution >= 0.6 is 15.6 Å². The van der Waals surface area contributed by atoms with E-state index in [1.807, 2.05) is 12.2 Å². The fourth-order valence-electron chi connectivity index (χ4n) is 2.26. The first-order valence-electron chi connectivity index (χ1n) is 10.1. The first-order chi connectivity index (χ1) is 13.8. The Balaban J connectivity index is 3.59. The van der Waals surface area contributed by atoms with Crippen LogP contribution in [0.1, 0.15) is 71.1 Å². The van der Waals surface area contributed by atoms with E-state index in [-0.39, 0.29) is 6.61 Å². The Morgan fingerprint density at radius 2 is 1.14 bits per heavy atom. The van der Waals surface area contributed by atoms with Crippen molar-refractivity contribution in [1.82, 2.24) is 0 Å². The maximum atomic E-state index is 11.2. The second kappa shape index (κ2) is 18.0. The van der Waals surface area contributed by atoms with Gasteiger partial charge >= 0.3 is 15.6 Å². The minimum atomic E-state index is -5.05. The molecule has 0 saturated heterocycles. The highest BCUT2D eigenvalue weighted by Gasteiger charge is 2.31. The third-order valence-corrected chi connectivity index (χ3v) is 5.87. The molecular weight excluding hydrogens is 414 g/mol. The number of hydrogen-bond acceptors (Lipinski definition) is 4. The summed E-state index contributed by atoms with van der Waals surface area (Å²) in [5, 5.41) is 0. The standard InChI is InChI=1S/C20H36O7P2/c1-2-3-4-5-6-7-8-9-10-11-12-13-14-15-16-17-18-19-20-26-29(24,25)27-28(21,22)23/h6-7,9-10,12-13,15-16H,2-5,8,11,14,17-20H2,1H3,(H,24,25)(H2,21,22,23). The fraction of sp³-hybridized carbons (Fsp3) is 0.600. The van der Waals surface area contributed by atoms with Crippen molar-refractivity contribution < 1.29 is 32.6 Å². The second-order valence-electron chi connectivity index (χ2n) is 6.46. The van der Waals surface area contributed by atoms with Gasteiger partial charge in [0.25, 0.3) is 0 Å². The summed E-state index contributed by atoms with van der Waals surface area (Å²) in [6.45, 7) is 2.10. The van der Waals surface area contributed by atoms with Gasteiger partial charge in [-0.1, -0.05) is 68.4 Å². The molecule has 0 heterocycles. The summed E-state index contributed by atoms with van der Waals surface area (Å²) in [6, 6.07) is 0. The van der Waals surface area contributed by atoms with Gasteiger partial charge in [-0.25, -0.2) is 9.13 Å². The molecule has 168 valence electrons. The van der Waals surface area contributed by atoms with Crippen molar-refractivity contribution in [3.05, 3.63) is 48.6 Å². The molecular formula is C20H36O7P2. The molecule has 1 unspecified atom stereocenters. The van der Waals surface area contributed by atoms with Crippen LogP contribution in [-0.4, -0.2) is 21.3 Å². The van der Waals surface area contributed by atoms with E-state index in [2.05, 4.69) is 52.2 Å². The van der Waals surface area contributed by atoms with Crippen molar-refractivity contribution in [2.75, 3.05) is 6.61 Å². The smallest absolute Gasteiger partial charge is 0.302 e. The normalized spacial score (nSPS) is 15.3. The summed E-state index contributed by atoms with van der Waals surface area (Å²) < 4.78 is 29.9. The molecule has 0 aromatic carbocycles. The maximum absolute atomic E-state index is 11.2. The molecule has 0 bridgehead atoms. The zero-order valence-corrected chi connectivity index (χ0v) is 19.1. The summed E-state index contributed by atoms with van der Waals surface area (Å²) in [5.41, 5.74) is 0. The Morgan fingerprint density at radius 3 is 1.59 bits per heavy atom. The van der Waals surface area contributed by atoms with Gasteiger partial charge in [0.05, 0.1) is 6.61 Å². The molecule has 0 aliphatic rings. The van der Waals surface area contributed by atoms with E-state index in [9.17, 15) is 9.13 Å².